The molecule has 0 aliphatic carbocycles. The van der Waals surface area contributed by atoms with Gasteiger partial charge in [-0.2, -0.15) is 5.26 Å². The molecule has 0 bridgehead atoms. The Kier molecular flexibility index (Phi) is 4.16. The van der Waals surface area contributed by atoms with E-state index in [0.29, 0.717) is 18.7 Å². The molecule has 1 aromatic carbocycles. The molecule has 0 fully saturated rings. The molecule has 102 valence electrons. The van der Waals surface area contributed by atoms with Gasteiger partial charge in [-0.15, -0.1) is 0 Å². The lowest BCUT2D eigenvalue weighted by Crippen LogP contribution is -2.06. The van der Waals surface area contributed by atoms with E-state index in [1.54, 1.807) is 24.3 Å². The zero-order valence-corrected chi connectivity index (χ0v) is 11.0. The molecule has 2 rings (SSSR count). The second kappa shape index (κ2) is 6.02. The van der Waals surface area contributed by atoms with E-state index in [4.69, 9.17) is 5.26 Å². The number of aryl methyl sites for hydroxylation is 1. The van der Waals surface area contributed by atoms with Crippen LogP contribution in [0, 0.1) is 17.1 Å². The van der Waals surface area contributed by atoms with E-state index < -0.39 is 5.82 Å². The number of nitriles is 1. The highest BCUT2D eigenvalue weighted by Gasteiger charge is 2.10. The van der Waals surface area contributed by atoms with Gasteiger partial charge >= 0.3 is 0 Å². The number of hydrogen-bond acceptors (Lipinski definition) is 4. The van der Waals surface area contributed by atoms with E-state index in [9.17, 15) is 9.50 Å². The number of hydrogen-bond donors (Lipinski definition) is 2. The molecule has 2 aromatic rings. The first-order valence-electron chi connectivity index (χ1n) is 6.25. The Hall–Kier alpha value is -2.61. The first-order valence-corrected chi connectivity index (χ1v) is 6.25. The summed E-state index contributed by atoms with van der Waals surface area (Å²) >= 11 is 0. The fourth-order valence-electron chi connectivity index (χ4n) is 1.82. The molecule has 20 heavy (non-hydrogen) atoms. The SMILES string of the molecule is CCc1nc(NCc2ccc(O)cc2)c(F)cc1C#N. The van der Waals surface area contributed by atoms with E-state index in [-0.39, 0.29) is 17.1 Å². The molecule has 0 unspecified atom stereocenters. The van der Waals surface area contributed by atoms with Gasteiger partial charge in [0.05, 0.1) is 11.3 Å². The highest BCUT2D eigenvalue weighted by Crippen LogP contribution is 2.18. The van der Waals surface area contributed by atoms with Crippen LogP contribution in [0.2, 0.25) is 0 Å². The topological polar surface area (TPSA) is 68.9 Å². The third kappa shape index (κ3) is 3.04. The zero-order chi connectivity index (χ0) is 14.5. The second-order valence-corrected chi connectivity index (χ2v) is 4.30. The maximum Gasteiger partial charge on any atom is 0.166 e. The summed E-state index contributed by atoms with van der Waals surface area (Å²) in [4.78, 5) is 4.14. The van der Waals surface area contributed by atoms with Gasteiger partial charge in [-0.1, -0.05) is 19.1 Å². The Morgan fingerprint density at radius 1 is 1.35 bits per heavy atom. The number of nitrogens with zero attached hydrogens (tertiary/aromatic N) is 2. The molecule has 0 radical (unpaired) electrons. The normalized spacial score (nSPS) is 10.1. The van der Waals surface area contributed by atoms with Crippen molar-refractivity contribution >= 4 is 5.82 Å². The van der Waals surface area contributed by atoms with Gasteiger partial charge < -0.3 is 10.4 Å². The highest BCUT2D eigenvalue weighted by atomic mass is 19.1. The van der Waals surface area contributed by atoms with Crippen molar-refractivity contribution < 1.29 is 9.50 Å². The number of phenols is 1. The van der Waals surface area contributed by atoms with Crippen LogP contribution in [-0.4, -0.2) is 10.1 Å². The van der Waals surface area contributed by atoms with Gasteiger partial charge in [-0.25, -0.2) is 9.37 Å². The predicted molar refractivity (Wildman–Crippen MR) is 73.7 cm³/mol. The minimum absolute atomic E-state index is 0.133. The number of halogens is 1. The summed E-state index contributed by atoms with van der Waals surface area (Å²) in [6.45, 7) is 2.25. The summed E-state index contributed by atoms with van der Waals surface area (Å²) in [6.07, 6.45) is 0.567. The summed E-state index contributed by atoms with van der Waals surface area (Å²) in [5.74, 6) is -0.226. The van der Waals surface area contributed by atoms with Gasteiger partial charge in [0.1, 0.15) is 11.8 Å². The molecule has 0 atom stereocenters. The number of rotatable bonds is 4. The van der Waals surface area contributed by atoms with Crippen LogP contribution in [0.3, 0.4) is 0 Å². The second-order valence-electron chi connectivity index (χ2n) is 4.30. The summed E-state index contributed by atoms with van der Waals surface area (Å²) in [5, 5.41) is 21.0. The highest BCUT2D eigenvalue weighted by molar-refractivity contribution is 5.45. The van der Waals surface area contributed by atoms with E-state index in [1.807, 2.05) is 13.0 Å². The number of phenolic OH excluding ortho intramolecular Hbond substituents is 1. The van der Waals surface area contributed by atoms with Crippen molar-refractivity contribution in [3.63, 3.8) is 0 Å². The monoisotopic (exact) mass is 271 g/mol. The van der Waals surface area contributed by atoms with Crippen molar-refractivity contribution in [3.8, 4) is 11.8 Å². The maximum atomic E-state index is 13.8. The Balaban J connectivity index is 2.17. The van der Waals surface area contributed by atoms with Crippen LogP contribution in [0.4, 0.5) is 10.2 Å². The fraction of sp³-hybridized carbons (Fsp3) is 0.200. The number of nitrogens with one attached hydrogen (secondary N) is 1. The number of anilines is 1. The van der Waals surface area contributed by atoms with Gasteiger partial charge in [0.15, 0.2) is 11.6 Å². The Labute approximate surface area is 116 Å². The average Bonchev–Trinajstić information content (AvgIpc) is 2.47. The minimum atomic E-state index is -0.544. The van der Waals surface area contributed by atoms with Crippen molar-refractivity contribution in [1.82, 2.24) is 4.98 Å². The van der Waals surface area contributed by atoms with Crippen molar-refractivity contribution in [1.29, 1.82) is 5.26 Å². The largest absolute Gasteiger partial charge is 0.508 e. The number of pyridine rings is 1. The molecule has 0 spiro atoms. The Morgan fingerprint density at radius 3 is 2.65 bits per heavy atom. The molecule has 0 saturated heterocycles. The molecule has 0 aliphatic heterocycles. The van der Waals surface area contributed by atoms with Crippen molar-refractivity contribution in [2.24, 2.45) is 0 Å². The van der Waals surface area contributed by atoms with E-state index in [0.717, 1.165) is 5.56 Å². The molecule has 0 aliphatic rings. The Morgan fingerprint density at radius 2 is 2.05 bits per heavy atom. The summed E-state index contributed by atoms with van der Waals surface area (Å²) in [7, 11) is 0. The molecule has 0 amide bonds. The van der Waals surface area contributed by atoms with Crippen LogP contribution in [0.1, 0.15) is 23.7 Å². The van der Waals surface area contributed by atoms with Crippen LogP contribution in [0.25, 0.3) is 0 Å². The standard InChI is InChI=1S/C15H14FN3O/c1-2-14-11(8-17)7-13(16)15(19-14)18-9-10-3-5-12(20)6-4-10/h3-7,20H,2,9H2,1H3,(H,18,19). The fourth-order valence-corrected chi connectivity index (χ4v) is 1.82. The summed E-state index contributed by atoms with van der Waals surface area (Å²) in [6, 6.07) is 9.75. The average molecular weight is 271 g/mol. The van der Waals surface area contributed by atoms with Gasteiger partial charge in [0.25, 0.3) is 0 Å². The van der Waals surface area contributed by atoms with Crippen LogP contribution in [-0.2, 0) is 13.0 Å². The first-order chi connectivity index (χ1) is 9.63. The molecule has 1 heterocycles. The zero-order valence-electron chi connectivity index (χ0n) is 11.0. The van der Waals surface area contributed by atoms with Crippen LogP contribution < -0.4 is 5.32 Å². The molecule has 2 N–H and O–H groups in total. The van der Waals surface area contributed by atoms with Crippen molar-refractivity contribution in [2.45, 2.75) is 19.9 Å². The lowest BCUT2D eigenvalue weighted by Gasteiger charge is -2.09. The third-order valence-electron chi connectivity index (χ3n) is 2.91. The molecule has 1 aromatic heterocycles. The maximum absolute atomic E-state index is 13.8. The van der Waals surface area contributed by atoms with Gasteiger partial charge in [0.2, 0.25) is 0 Å². The lowest BCUT2D eigenvalue weighted by atomic mass is 10.1. The first kappa shape index (κ1) is 13.8. The lowest BCUT2D eigenvalue weighted by molar-refractivity contribution is 0.475. The van der Waals surface area contributed by atoms with Gasteiger partial charge in [-0.3, -0.25) is 0 Å². The van der Waals surface area contributed by atoms with Crippen LogP contribution in [0.5, 0.6) is 5.75 Å². The molecular weight excluding hydrogens is 257 g/mol. The quantitative estimate of drug-likeness (QED) is 0.897. The van der Waals surface area contributed by atoms with Crippen molar-refractivity contribution in [2.75, 3.05) is 5.32 Å². The van der Waals surface area contributed by atoms with E-state index in [1.165, 1.54) is 6.07 Å². The number of aromatic hydroxyl groups is 1. The van der Waals surface area contributed by atoms with Gasteiger partial charge in [0, 0.05) is 6.54 Å². The Bertz CT molecular complexity index is 647. The van der Waals surface area contributed by atoms with Crippen LogP contribution >= 0.6 is 0 Å². The van der Waals surface area contributed by atoms with Crippen molar-refractivity contribution in [3.05, 3.63) is 53.0 Å². The van der Waals surface area contributed by atoms with Crippen LogP contribution in [0.15, 0.2) is 30.3 Å². The number of aromatic nitrogens is 1. The summed E-state index contributed by atoms with van der Waals surface area (Å²) < 4.78 is 13.8. The molecule has 4 nitrogen and oxygen atoms in total. The minimum Gasteiger partial charge on any atom is -0.508 e. The van der Waals surface area contributed by atoms with E-state index >= 15 is 0 Å². The smallest absolute Gasteiger partial charge is 0.166 e. The molecular formula is C15H14FN3O. The van der Waals surface area contributed by atoms with Gasteiger partial charge in [-0.05, 0) is 30.2 Å². The third-order valence-corrected chi connectivity index (χ3v) is 2.91. The molecule has 5 heteroatoms. The predicted octanol–water partition coefficient (Wildman–Crippen LogP) is 2.97. The molecule has 0 saturated carbocycles. The number of benzene rings is 1. The van der Waals surface area contributed by atoms with E-state index in [2.05, 4.69) is 10.3 Å². The summed E-state index contributed by atoms with van der Waals surface area (Å²) in [5.41, 5.74) is 1.73.